The molecular weight excluding hydrogens is 425 g/mol. The first-order valence-corrected chi connectivity index (χ1v) is 12.5. The standard InChI is InChI=1S/C21H22FN3O3S2/c1-30(26,27)25-12-14-8-17(14)19(25)11-23-10-13-2-5-16(6-3-13)28-21-24-18-7-4-15(22)9-20(18)29-21/h2-7,9,14,17,19,23H,8,10-12H2,1H3. The first kappa shape index (κ1) is 19.9. The zero-order valence-corrected chi connectivity index (χ0v) is 18.0. The van der Waals surface area contributed by atoms with Gasteiger partial charge in [0.1, 0.15) is 11.6 Å². The molecule has 3 unspecified atom stereocenters. The predicted octanol–water partition coefficient (Wildman–Crippen LogP) is 3.60. The summed E-state index contributed by atoms with van der Waals surface area (Å²) in [6, 6.07) is 12.2. The zero-order chi connectivity index (χ0) is 20.9. The molecule has 9 heteroatoms. The van der Waals surface area contributed by atoms with E-state index in [1.165, 1.54) is 29.7 Å². The SMILES string of the molecule is CS(=O)(=O)N1CC2CC2C1CNCc1ccc(Oc2nc3ccc(F)cc3s2)cc1. The number of fused-ring (bicyclic) bond motifs is 2. The van der Waals surface area contributed by atoms with Crippen molar-refractivity contribution in [1.29, 1.82) is 0 Å². The molecule has 0 bridgehead atoms. The number of rotatable bonds is 7. The van der Waals surface area contributed by atoms with Gasteiger partial charge in [-0.2, -0.15) is 4.31 Å². The first-order valence-electron chi connectivity index (χ1n) is 9.87. The molecule has 1 saturated heterocycles. The molecule has 30 heavy (non-hydrogen) atoms. The van der Waals surface area contributed by atoms with Gasteiger partial charge in [0.05, 0.1) is 16.5 Å². The van der Waals surface area contributed by atoms with E-state index in [0.717, 1.165) is 16.7 Å². The van der Waals surface area contributed by atoms with E-state index in [1.54, 1.807) is 10.4 Å². The average Bonchev–Trinajstić information content (AvgIpc) is 3.20. The minimum atomic E-state index is -3.15. The van der Waals surface area contributed by atoms with Gasteiger partial charge in [0, 0.05) is 25.7 Å². The average molecular weight is 448 g/mol. The van der Waals surface area contributed by atoms with Gasteiger partial charge in [-0.1, -0.05) is 23.5 Å². The van der Waals surface area contributed by atoms with Crippen molar-refractivity contribution in [2.24, 2.45) is 11.8 Å². The van der Waals surface area contributed by atoms with E-state index in [-0.39, 0.29) is 11.9 Å². The second kappa shape index (κ2) is 7.56. The molecule has 0 amide bonds. The van der Waals surface area contributed by atoms with Gasteiger partial charge in [0.2, 0.25) is 10.0 Å². The minimum absolute atomic E-state index is 0.0662. The summed E-state index contributed by atoms with van der Waals surface area (Å²) in [7, 11) is -3.15. The molecule has 2 aromatic carbocycles. The molecule has 2 aliphatic rings. The van der Waals surface area contributed by atoms with Crippen LogP contribution in [0.5, 0.6) is 10.9 Å². The Kier molecular flexibility index (Phi) is 5.01. The highest BCUT2D eigenvalue weighted by molar-refractivity contribution is 7.88. The van der Waals surface area contributed by atoms with Gasteiger partial charge < -0.3 is 10.1 Å². The maximum atomic E-state index is 13.3. The van der Waals surface area contributed by atoms with Crippen molar-refractivity contribution >= 4 is 31.6 Å². The molecule has 158 valence electrons. The van der Waals surface area contributed by atoms with Crippen LogP contribution in [0.3, 0.4) is 0 Å². The zero-order valence-electron chi connectivity index (χ0n) is 16.4. The van der Waals surface area contributed by atoms with Gasteiger partial charge in [-0.05, 0) is 54.2 Å². The summed E-state index contributed by atoms with van der Waals surface area (Å²) in [5.41, 5.74) is 1.80. The summed E-state index contributed by atoms with van der Waals surface area (Å²) in [6.07, 6.45) is 2.44. The number of thiazole rings is 1. The van der Waals surface area contributed by atoms with Crippen LogP contribution in [0, 0.1) is 17.7 Å². The predicted molar refractivity (Wildman–Crippen MR) is 115 cm³/mol. The van der Waals surface area contributed by atoms with Crippen LogP contribution in [0.2, 0.25) is 0 Å². The maximum absolute atomic E-state index is 13.3. The monoisotopic (exact) mass is 447 g/mol. The highest BCUT2D eigenvalue weighted by Gasteiger charge is 2.54. The lowest BCUT2D eigenvalue weighted by molar-refractivity contribution is 0.333. The minimum Gasteiger partial charge on any atom is -0.431 e. The van der Waals surface area contributed by atoms with Crippen molar-refractivity contribution < 1.29 is 17.5 Å². The van der Waals surface area contributed by atoms with Crippen molar-refractivity contribution in [3.8, 4) is 10.9 Å². The molecule has 5 rings (SSSR count). The van der Waals surface area contributed by atoms with Gasteiger partial charge in [0.15, 0.2) is 0 Å². The van der Waals surface area contributed by atoms with Gasteiger partial charge in [0.25, 0.3) is 5.19 Å². The summed E-state index contributed by atoms with van der Waals surface area (Å²) in [4.78, 5) is 4.37. The number of halogens is 1. The van der Waals surface area contributed by atoms with E-state index in [1.807, 2.05) is 24.3 Å². The van der Waals surface area contributed by atoms with Crippen LogP contribution in [-0.4, -0.2) is 43.1 Å². The van der Waals surface area contributed by atoms with Crippen LogP contribution in [0.4, 0.5) is 4.39 Å². The topological polar surface area (TPSA) is 71.5 Å². The Hall–Kier alpha value is -2.07. The molecule has 1 aliphatic heterocycles. The summed E-state index contributed by atoms with van der Waals surface area (Å²) in [6.45, 7) is 1.99. The lowest BCUT2D eigenvalue weighted by Gasteiger charge is -2.25. The molecule has 6 nitrogen and oxygen atoms in total. The lowest BCUT2D eigenvalue weighted by atomic mass is 10.2. The third kappa shape index (κ3) is 4.07. The molecule has 2 heterocycles. The molecular formula is C21H22FN3O3S2. The molecule has 2 fully saturated rings. The van der Waals surface area contributed by atoms with Gasteiger partial charge in [-0.15, -0.1) is 0 Å². The van der Waals surface area contributed by atoms with E-state index >= 15 is 0 Å². The number of hydrogen-bond acceptors (Lipinski definition) is 6. The second-order valence-corrected chi connectivity index (χ2v) is 11.0. The molecule has 1 aliphatic carbocycles. The van der Waals surface area contributed by atoms with E-state index in [2.05, 4.69) is 10.3 Å². The smallest absolute Gasteiger partial charge is 0.279 e. The second-order valence-electron chi connectivity index (χ2n) is 8.03. The first-order chi connectivity index (χ1) is 14.4. The summed E-state index contributed by atoms with van der Waals surface area (Å²) < 4.78 is 45.5. The summed E-state index contributed by atoms with van der Waals surface area (Å²) >= 11 is 1.31. The van der Waals surface area contributed by atoms with Gasteiger partial charge in [-0.3, -0.25) is 0 Å². The Morgan fingerprint density at radius 1 is 1.27 bits per heavy atom. The molecule has 3 aromatic rings. The Bertz CT molecular complexity index is 1180. The molecule has 1 N–H and O–H groups in total. The number of hydrogen-bond donors (Lipinski definition) is 1. The quantitative estimate of drug-likeness (QED) is 0.599. The van der Waals surface area contributed by atoms with Crippen molar-refractivity contribution in [1.82, 2.24) is 14.6 Å². The van der Waals surface area contributed by atoms with Crippen LogP contribution < -0.4 is 10.1 Å². The lowest BCUT2D eigenvalue weighted by Crippen LogP contribution is -2.43. The fourth-order valence-electron chi connectivity index (χ4n) is 4.23. The Labute approximate surface area is 178 Å². The van der Waals surface area contributed by atoms with Crippen molar-refractivity contribution in [2.45, 2.75) is 19.0 Å². The third-order valence-corrected chi connectivity index (χ3v) is 7.99. The third-order valence-electron chi connectivity index (χ3n) is 5.82. The summed E-state index contributed by atoms with van der Waals surface area (Å²) in [5.74, 6) is 1.43. The van der Waals surface area contributed by atoms with Crippen LogP contribution >= 0.6 is 11.3 Å². The number of benzene rings is 2. The van der Waals surface area contributed by atoms with E-state index < -0.39 is 10.0 Å². The van der Waals surface area contributed by atoms with Crippen molar-refractivity contribution in [3.63, 3.8) is 0 Å². The molecule has 3 atom stereocenters. The van der Waals surface area contributed by atoms with E-state index in [0.29, 0.717) is 47.9 Å². The van der Waals surface area contributed by atoms with Gasteiger partial charge >= 0.3 is 0 Å². The molecule has 1 aromatic heterocycles. The number of sulfonamides is 1. The number of nitrogens with one attached hydrogen (secondary N) is 1. The van der Waals surface area contributed by atoms with E-state index in [4.69, 9.17) is 4.74 Å². The van der Waals surface area contributed by atoms with Crippen LogP contribution in [0.1, 0.15) is 12.0 Å². The highest BCUT2D eigenvalue weighted by atomic mass is 32.2. The van der Waals surface area contributed by atoms with Crippen molar-refractivity contribution in [2.75, 3.05) is 19.3 Å². The van der Waals surface area contributed by atoms with Crippen molar-refractivity contribution in [3.05, 3.63) is 53.8 Å². The normalized spacial score (nSPS) is 23.6. The highest BCUT2D eigenvalue weighted by Crippen LogP contribution is 2.50. The molecule has 1 saturated carbocycles. The Morgan fingerprint density at radius 3 is 2.83 bits per heavy atom. The number of nitrogens with zero attached hydrogens (tertiary/aromatic N) is 2. The fourth-order valence-corrected chi connectivity index (χ4v) is 6.27. The number of ether oxygens (including phenoxy) is 1. The fraction of sp³-hybridized carbons (Fsp3) is 0.381. The Morgan fingerprint density at radius 2 is 2.07 bits per heavy atom. The molecule has 0 spiro atoms. The number of aromatic nitrogens is 1. The molecule has 0 radical (unpaired) electrons. The van der Waals surface area contributed by atoms with Crippen LogP contribution in [-0.2, 0) is 16.6 Å². The largest absolute Gasteiger partial charge is 0.431 e. The van der Waals surface area contributed by atoms with Crippen LogP contribution in [0.15, 0.2) is 42.5 Å². The maximum Gasteiger partial charge on any atom is 0.279 e. The Balaban J connectivity index is 1.17. The van der Waals surface area contributed by atoms with Gasteiger partial charge in [-0.25, -0.2) is 17.8 Å². The summed E-state index contributed by atoms with van der Waals surface area (Å²) in [5, 5.41) is 3.88. The number of piperidine rings is 1. The van der Waals surface area contributed by atoms with Crippen LogP contribution in [0.25, 0.3) is 10.2 Å². The van der Waals surface area contributed by atoms with E-state index in [9.17, 15) is 12.8 Å².